The van der Waals surface area contributed by atoms with E-state index < -0.39 is 17.8 Å². The lowest BCUT2D eigenvalue weighted by Crippen LogP contribution is -2.43. The minimum atomic E-state index is -0.815. The molecule has 0 unspecified atom stereocenters. The normalized spacial score (nSPS) is 20.2. The summed E-state index contributed by atoms with van der Waals surface area (Å²) >= 11 is 0. The van der Waals surface area contributed by atoms with Crippen molar-refractivity contribution in [2.75, 3.05) is 13.1 Å². The van der Waals surface area contributed by atoms with Crippen LogP contribution in [0.5, 0.6) is 0 Å². The lowest BCUT2D eigenvalue weighted by atomic mass is 10.0. The molecule has 1 amide bonds. The SMILES string of the molecule is CC(C)(OC(=O)CCCN)[C@@H]1CNC(=O)O1. The summed E-state index contributed by atoms with van der Waals surface area (Å²) in [4.78, 5) is 22.3. The minimum Gasteiger partial charge on any atom is -0.456 e. The molecule has 0 bridgehead atoms. The lowest BCUT2D eigenvalue weighted by molar-refractivity contribution is -0.165. The number of ether oxygens (including phenoxy) is 2. The van der Waals surface area contributed by atoms with Crippen LogP contribution in [-0.4, -0.2) is 36.9 Å². The molecule has 1 aliphatic heterocycles. The first-order chi connectivity index (χ1) is 7.45. The summed E-state index contributed by atoms with van der Waals surface area (Å²) in [5.74, 6) is -0.321. The lowest BCUT2D eigenvalue weighted by Gasteiger charge is -2.29. The topological polar surface area (TPSA) is 90.6 Å². The molecule has 1 aliphatic rings. The molecule has 1 saturated heterocycles. The molecule has 0 aromatic rings. The van der Waals surface area contributed by atoms with Gasteiger partial charge in [-0.15, -0.1) is 0 Å². The van der Waals surface area contributed by atoms with E-state index in [1.54, 1.807) is 13.8 Å². The van der Waals surface area contributed by atoms with Crippen LogP contribution in [0.1, 0.15) is 26.7 Å². The second-order valence-corrected chi connectivity index (χ2v) is 4.24. The second-order valence-electron chi connectivity index (χ2n) is 4.24. The molecular formula is C10H18N2O4. The average molecular weight is 230 g/mol. The summed E-state index contributed by atoms with van der Waals surface area (Å²) in [6.45, 7) is 4.25. The van der Waals surface area contributed by atoms with E-state index in [2.05, 4.69) is 5.32 Å². The van der Waals surface area contributed by atoms with Crippen molar-refractivity contribution in [1.29, 1.82) is 0 Å². The first-order valence-electron chi connectivity index (χ1n) is 5.32. The number of nitrogens with one attached hydrogen (secondary N) is 1. The zero-order valence-corrected chi connectivity index (χ0v) is 9.62. The molecule has 16 heavy (non-hydrogen) atoms. The second kappa shape index (κ2) is 5.16. The van der Waals surface area contributed by atoms with Gasteiger partial charge in [-0.25, -0.2) is 4.79 Å². The van der Waals surface area contributed by atoms with E-state index in [1.807, 2.05) is 0 Å². The fourth-order valence-corrected chi connectivity index (χ4v) is 1.43. The number of alkyl carbamates (subject to hydrolysis) is 1. The van der Waals surface area contributed by atoms with Gasteiger partial charge < -0.3 is 20.5 Å². The van der Waals surface area contributed by atoms with Gasteiger partial charge in [0.1, 0.15) is 5.60 Å². The van der Waals surface area contributed by atoms with Gasteiger partial charge in [0.05, 0.1) is 6.54 Å². The monoisotopic (exact) mass is 230 g/mol. The number of rotatable bonds is 5. The van der Waals surface area contributed by atoms with Crippen LogP contribution in [0, 0.1) is 0 Å². The highest BCUT2D eigenvalue weighted by molar-refractivity contribution is 5.71. The molecular weight excluding hydrogens is 212 g/mol. The van der Waals surface area contributed by atoms with Gasteiger partial charge in [0.25, 0.3) is 0 Å². The first kappa shape index (κ1) is 12.8. The third kappa shape index (κ3) is 3.37. The van der Waals surface area contributed by atoms with Gasteiger partial charge in [0.2, 0.25) is 0 Å². The Balaban J connectivity index is 2.44. The van der Waals surface area contributed by atoms with Crippen molar-refractivity contribution in [3.05, 3.63) is 0 Å². The molecule has 0 aromatic heterocycles. The Morgan fingerprint density at radius 2 is 2.38 bits per heavy atom. The number of hydrogen-bond acceptors (Lipinski definition) is 5. The van der Waals surface area contributed by atoms with Crippen LogP contribution in [0.3, 0.4) is 0 Å². The number of esters is 1. The van der Waals surface area contributed by atoms with Crippen molar-refractivity contribution < 1.29 is 19.1 Å². The first-order valence-corrected chi connectivity index (χ1v) is 5.32. The predicted octanol–water partition coefficient (Wildman–Crippen LogP) is 0.155. The number of cyclic esters (lactones) is 1. The summed E-state index contributed by atoms with van der Waals surface area (Å²) in [6.07, 6.45) is -0.0380. The molecule has 3 N–H and O–H groups in total. The standard InChI is InChI=1S/C10H18N2O4/c1-10(2,7-6-12-9(14)15-7)16-8(13)4-3-5-11/h7H,3-6,11H2,1-2H3,(H,12,14)/t7-/m0/s1. The number of carbonyl (C=O) groups is 2. The van der Waals surface area contributed by atoms with Crippen LogP contribution in [0.2, 0.25) is 0 Å². The van der Waals surface area contributed by atoms with Crippen molar-refractivity contribution in [3.8, 4) is 0 Å². The molecule has 1 rings (SSSR count). The van der Waals surface area contributed by atoms with Crippen molar-refractivity contribution in [2.45, 2.75) is 38.4 Å². The molecule has 1 fully saturated rings. The van der Waals surface area contributed by atoms with Crippen LogP contribution in [0.25, 0.3) is 0 Å². The largest absolute Gasteiger partial charge is 0.456 e. The Morgan fingerprint density at radius 1 is 1.69 bits per heavy atom. The van der Waals surface area contributed by atoms with Gasteiger partial charge in [-0.1, -0.05) is 0 Å². The van der Waals surface area contributed by atoms with Crippen LogP contribution in [-0.2, 0) is 14.3 Å². The van der Waals surface area contributed by atoms with Crippen molar-refractivity contribution in [2.24, 2.45) is 5.73 Å². The van der Waals surface area contributed by atoms with Crippen LogP contribution < -0.4 is 11.1 Å². The highest BCUT2D eigenvalue weighted by Gasteiger charge is 2.40. The van der Waals surface area contributed by atoms with Crippen LogP contribution in [0.15, 0.2) is 0 Å². The predicted molar refractivity (Wildman–Crippen MR) is 56.7 cm³/mol. The van der Waals surface area contributed by atoms with Gasteiger partial charge in [0.15, 0.2) is 6.10 Å². The fraction of sp³-hybridized carbons (Fsp3) is 0.800. The number of carbonyl (C=O) groups excluding carboxylic acids is 2. The van der Waals surface area contributed by atoms with E-state index in [9.17, 15) is 9.59 Å². The number of hydrogen-bond donors (Lipinski definition) is 2. The summed E-state index contributed by atoms with van der Waals surface area (Å²) in [5, 5.41) is 2.52. The minimum absolute atomic E-state index is 0.286. The van der Waals surface area contributed by atoms with Crippen LogP contribution >= 0.6 is 0 Å². The maximum Gasteiger partial charge on any atom is 0.407 e. The maximum atomic E-state index is 11.4. The molecule has 6 nitrogen and oxygen atoms in total. The molecule has 0 radical (unpaired) electrons. The van der Waals surface area contributed by atoms with E-state index in [0.717, 1.165) is 0 Å². The molecule has 1 heterocycles. The van der Waals surface area contributed by atoms with Crippen molar-refractivity contribution in [3.63, 3.8) is 0 Å². The Morgan fingerprint density at radius 3 is 2.88 bits per heavy atom. The number of amides is 1. The van der Waals surface area contributed by atoms with E-state index in [1.165, 1.54) is 0 Å². The molecule has 6 heteroatoms. The third-order valence-corrected chi connectivity index (χ3v) is 2.42. The van der Waals surface area contributed by atoms with Gasteiger partial charge in [-0.05, 0) is 26.8 Å². The van der Waals surface area contributed by atoms with E-state index in [4.69, 9.17) is 15.2 Å². The molecule has 0 aliphatic carbocycles. The molecule has 0 saturated carbocycles. The Labute approximate surface area is 94.5 Å². The van der Waals surface area contributed by atoms with Crippen molar-refractivity contribution in [1.82, 2.24) is 5.32 Å². The third-order valence-electron chi connectivity index (χ3n) is 2.42. The Kier molecular flexibility index (Phi) is 4.12. The number of nitrogens with two attached hydrogens (primary N) is 1. The molecule has 92 valence electrons. The summed E-state index contributed by atoms with van der Waals surface area (Å²) in [6, 6.07) is 0. The summed E-state index contributed by atoms with van der Waals surface area (Å²) < 4.78 is 10.2. The quantitative estimate of drug-likeness (QED) is 0.656. The van der Waals surface area contributed by atoms with Crippen LogP contribution in [0.4, 0.5) is 4.79 Å². The van der Waals surface area contributed by atoms with E-state index >= 15 is 0 Å². The zero-order chi connectivity index (χ0) is 12.2. The van der Waals surface area contributed by atoms with Gasteiger partial charge in [-0.3, -0.25) is 4.79 Å². The molecule has 0 aromatic carbocycles. The Hall–Kier alpha value is -1.30. The molecule has 1 atom stereocenters. The summed E-state index contributed by atoms with van der Waals surface area (Å²) in [5.41, 5.74) is 4.48. The maximum absolute atomic E-state index is 11.4. The van der Waals surface area contributed by atoms with Gasteiger partial charge >= 0.3 is 12.1 Å². The Bertz CT molecular complexity index is 278. The molecule has 0 spiro atoms. The van der Waals surface area contributed by atoms with Crippen molar-refractivity contribution >= 4 is 12.1 Å². The van der Waals surface area contributed by atoms with Gasteiger partial charge in [0, 0.05) is 6.42 Å². The average Bonchev–Trinajstić information content (AvgIpc) is 2.62. The summed E-state index contributed by atoms with van der Waals surface area (Å²) in [7, 11) is 0. The fourth-order valence-electron chi connectivity index (χ4n) is 1.43. The van der Waals surface area contributed by atoms with Gasteiger partial charge in [-0.2, -0.15) is 0 Å². The van der Waals surface area contributed by atoms with E-state index in [0.29, 0.717) is 19.5 Å². The smallest absolute Gasteiger partial charge is 0.407 e. The highest BCUT2D eigenvalue weighted by atomic mass is 16.6. The zero-order valence-electron chi connectivity index (χ0n) is 9.62. The van der Waals surface area contributed by atoms with E-state index in [-0.39, 0.29) is 12.4 Å². The highest BCUT2D eigenvalue weighted by Crippen LogP contribution is 2.21.